The van der Waals surface area contributed by atoms with Gasteiger partial charge in [0, 0.05) is 19.6 Å². The smallest absolute Gasteiger partial charge is 0.329 e. The van der Waals surface area contributed by atoms with Crippen LogP contribution in [0.5, 0.6) is 0 Å². The van der Waals surface area contributed by atoms with E-state index in [9.17, 15) is 18.0 Å². The zero-order valence-corrected chi connectivity index (χ0v) is 11.5. The van der Waals surface area contributed by atoms with Crippen molar-refractivity contribution in [1.29, 1.82) is 0 Å². The minimum atomic E-state index is -4.53. The molecule has 1 aromatic carbocycles. The Morgan fingerprint density at radius 1 is 1.38 bits per heavy atom. The molecule has 3 rings (SSSR count). The second-order valence-corrected chi connectivity index (χ2v) is 5.25. The van der Waals surface area contributed by atoms with Crippen molar-refractivity contribution in [3.05, 3.63) is 40.5 Å². The number of halogens is 3. The lowest BCUT2D eigenvalue weighted by atomic mass is 9.95. The molecule has 1 amide bonds. The van der Waals surface area contributed by atoms with E-state index in [1.165, 1.54) is 4.90 Å². The molecule has 0 radical (unpaired) electrons. The molecule has 1 atom stereocenters. The van der Waals surface area contributed by atoms with Gasteiger partial charge in [0.25, 0.3) is 5.91 Å². The fraction of sp³-hybridized carbons (Fsp3) is 0.400. The first-order valence-electron chi connectivity index (χ1n) is 6.83. The van der Waals surface area contributed by atoms with Gasteiger partial charge in [0.1, 0.15) is 0 Å². The van der Waals surface area contributed by atoms with Gasteiger partial charge in [-0.15, -0.1) is 0 Å². The molecule has 1 saturated heterocycles. The summed E-state index contributed by atoms with van der Waals surface area (Å²) < 4.78 is 39.9. The molecule has 0 unspecified atom stereocenters. The van der Waals surface area contributed by atoms with Crippen LogP contribution < -0.4 is 5.32 Å². The minimum absolute atomic E-state index is 0.176. The van der Waals surface area contributed by atoms with Crippen molar-refractivity contribution in [3.63, 3.8) is 0 Å². The summed E-state index contributed by atoms with van der Waals surface area (Å²) in [5, 5.41) is 3.13. The number of hydrogen-bond acceptors (Lipinski definition) is 2. The molecule has 112 valence electrons. The molecule has 0 aliphatic carbocycles. The Bertz CT molecular complexity index is 622. The number of piperazine rings is 1. The van der Waals surface area contributed by atoms with Gasteiger partial charge in [-0.1, -0.05) is 12.2 Å². The number of rotatable bonds is 1. The van der Waals surface area contributed by atoms with E-state index in [0.717, 1.165) is 6.07 Å². The van der Waals surface area contributed by atoms with E-state index in [1.807, 2.05) is 0 Å². The zero-order chi connectivity index (χ0) is 15.2. The van der Waals surface area contributed by atoms with Crippen LogP contribution in [0.25, 0.3) is 6.08 Å². The maximum atomic E-state index is 13.3. The number of benzene rings is 1. The van der Waals surface area contributed by atoms with Crippen LogP contribution in [0.15, 0.2) is 18.2 Å². The Balaban J connectivity index is 2.22. The van der Waals surface area contributed by atoms with Crippen LogP contribution in [0.2, 0.25) is 0 Å². The average Bonchev–Trinajstić information content (AvgIpc) is 2.72. The third-order valence-corrected chi connectivity index (χ3v) is 3.93. The summed E-state index contributed by atoms with van der Waals surface area (Å²) in [6, 6.07) is 2.45. The van der Waals surface area contributed by atoms with E-state index in [1.54, 1.807) is 25.1 Å². The van der Waals surface area contributed by atoms with E-state index in [0.29, 0.717) is 30.8 Å². The molecule has 2 aliphatic rings. The molecule has 0 bridgehead atoms. The third-order valence-electron chi connectivity index (χ3n) is 3.93. The van der Waals surface area contributed by atoms with Crippen molar-refractivity contribution < 1.29 is 18.0 Å². The summed E-state index contributed by atoms with van der Waals surface area (Å²) in [6.07, 6.45) is -1.21. The first-order valence-corrected chi connectivity index (χ1v) is 6.83. The lowest BCUT2D eigenvalue weighted by Gasteiger charge is -2.30. The number of nitrogens with zero attached hydrogens (tertiary/aromatic N) is 1. The second kappa shape index (κ2) is 4.87. The summed E-state index contributed by atoms with van der Waals surface area (Å²) in [4.78, 5) is 13.9. The van der Waals surface area contributed by atoms with E-state index in [-0.39, 0.29) is 11.6 Å². The van der Waals surface area contributed by atoms with Gasteiger partial charge in [0.05, 0.1) is 17.2 Å². The third kappa shape index (κ3) is 2.23. The summed E-state index contributed by atoms with van der Waals surface area (Å²) in [6.45, 7) is 3.29. The number of allylic oxidation sites excluding steroid dienone is 1. The molecule has 2 heterocycles. The summed E-state index contributed by atoms with van der Waals surface area (Å²) in [5.74, 6) is -0.504. The summed E-state index contributed by atoms with van der Waals surface area (Å²) in [5.41, 5.74) is -0.0455. The van der Waals surface area contributed by atoms with Crippen molar-refractivity contribution in [3.8, 4) is 0 Å². The highest BCUT2D eigenvalue weighted by molar-refractivity contribution is 6.01. The molecule has 1 N–H and O–H groups in total. The Hall–Kier alpha value is -1.82. The number of nitrogens with one attached hydrogen (secondary N) is 1. The fourth-order valence-corrected chi connectivity index (χ4v) is 3.07. The van der Waals surface area contributed by atoms with Crippen molar-refractivity contribution >= 4 is 12.0 Å². The van der Waals surface area contributed by atoms with Crippen LogP contribution in [-0.4, -0.2) is 30.4 Å². The largest absolute Gasteiger partial charge is 0.417 e. The molecule has 0 aromatic heterocycles. The van der Waals surface area contributed by atoms with Crippen molar-refractivity contribution in [2.24, 2.45) is 0 Å². The predicted molar refractivity (Wildman–Crippen MR) is 72.8 cm³/mol. The van der Waals surface area contributed by atoms with Gasteiger partial charge < -0.3 is 10.2 Å². The van der Waals surface area contributed by atoms with Gasteiger partial charge in [0.2, 0.25) is 0 Å². The Morgan fingerprint density at radius 2 is 2.14 bits per heavy atom. The van der Waals surface area contributed by atoms with Crippen molar-refractivity contribution in [2.75, 3.05) is 19.6 Å². The number of fused-ring (bicyclic) bond motifs is 3. The molecular weight excluding hydrogens is 281 g/mol. The van der Waals surface area contributed by atoms with Crippen LogP contribution in [0.1, 0.15) is 40.0 Å². The Kier molecular flexibility index (Phi) is 3.28. The van der Waals surface area contributed by atoms with Crippen LogP contribution in [0.4, 0.5) is 13.2 Å². The topological polar surface area (TPSA) is 32.3 Å². The van der Waals surface area contributed by atoms with Crippen LogP contribution in [-0.2, 0) is 6.18 Å². The monoisotopic (exact) mass is 296 g/mol. The highest BCUT2D eigenvalue weighted by Gasteiger charge is 2.45. The normalized spacial score (nSPS) is 21.8. The SMILES string of the molecule is C/C=C/c1cc2c(c(C(F)(F)F)c1)C(=O)N1CCNC[C@@H]21. The molecule has 0 saturated carbocycles. The summed E-state index contributed by atoms with van der Waals surface area (Å²) >= 11 is 0. The molecule has 1 aromatic rings. The van der Waals surface area contributed by atoms with Crippen LogP contribution in [0.3, 0.4) is 0 Å². The first-order chi connectivity index (χ1) is 9.93. The molecule has 6 heteroatoms. The molecule has 0 spiro atoms. The predicted octanol–water partition coefficient (Wildman–Crippen LogP) is 2.84. The Labute approximate surface area is 120 Å². The summed E-state index contributed by atoms with van der Waals surface area (Å²) in [7, 11) is 0. The fourth-order valence-electron chi connectivity index (χ4n) is 3.07. The average molecular weight is 296 g/mol. The number of carbonyl (C=O) groups is 1. The zero-order valence-electron chi connectivity index (χ0n) is 11.5. The standard InChI is InChI=1S/C15H15F3N2O/c1-2-3-9-6-10-12-8-19-4-5-20(12)14(21)13(10)11(7-9)15(16,17)18/h2-3,6-7,12,19H,4-5,8H2,1H3/b3-2+/t12-/m0/s1. The van der Waals surface area contributed by atoms with Crippen molar-refractivity contribution in [2.45, 2.75) is 19.1 Å². The van der Waals surface area contributed by atoms with Gasteiger partial charge in [-0.25, -0.2) is 0 Å². The first kappa shape index (κ1) is 14.1. The van der Waals surface area contributed by atoms with Gasteiger partial charge in [-0.05, 0) is 30.2 Å². The number of carbonyl (C=O) groups excluding carboxylic acids is 1. The van der Waals surface area contributed by atoms with Gasteiger partial charge in [0.15, 0.2) is 0 Å². The van der Waals surface area contributed by atoms with Gasteiger partial charge in [-0.2, -0.15) is 13.2 Å². The van der Waals surface area contributed by atoms with Crippen LogP contribution >= 0.6 is 0 Å². The van der Waals surface area contributed by atoms with Gasteiger partial charge in [-0.3, -0.25) is 4.79 Å². The number of amides is 1. The quantitative estimate of drug-likeness (QED) is 0.864. The molecule has 21 heavy (non-hydrogen) atoms. The maximum Gasteiger partial charge on any atom is 0.417 e. The number of alkyl halides is 3. The maximum absolute atomic E-state index is 13.3. The Morgan fingerprint density at radius 3 is 2.81 bits per heavy atom. The van der Waals surface area contributed by atoms with Gasteiger partial charge >= 0.3 is 6.18 Å². The van der Waals surface area contributed by atoms with E-state index in [2.05, 4.69) is 5.32 Å². The van der Waals surface area contributed by atoms with Crippen LogP contribution in [0, 0.1) is 0 Å². The lowest BCUT2D eigenvalue weighted by molar-refractivity contribution is -0.137. The highest BCUT2D eigenvalue weighted by atomic mass is 19.4. The number of hydrogen-bond donors (Lipinski definition) is 1. The highest BCUT2D eigenvalue weighted by Crippen LogP contribution is 2.42. The molecule has 2 aliphatic heterocycles. The van der Waals surface area contributed by atoms with E-state index in [4.69, 9.17) is 0 Å². The minimum Gasteiger partial charge on any atom is -0.329 e. The molecular formula is C15H15F3N2O. The second-order valence-electron chi connectivity index (χ2n) is 5.25. The van der Waals surface area contributed by atoms with E-state index >= 15 is 0 Å². The molecule has 3 nitrogen and oxygen atoms in total. The lowest BCUT2D eigenvalue weighted by Crippen LogP contribution is -2.44. The molecule has 1 fully saturated rings. The van der Waals surface area contributed by atoms with Crippen molar-refractivity contribution in [1.82, 2.24) is 10.2 Å². The van der Waals surface area contributed by atoms with E-state index < -0.39 is 17.6 Å².